The van der Waals surface area contributed by atoms with Crippen LogP contribution in [-0.2, 0) is 4.79 Å². The third-order valence-electron chi connectivity index (χ3n) is 4.10. The van der Waals surface area contributed by atoms with Crippen molar-refractivity contribution in [2.45, 2.75) is 0 Å². The van der Waals surface area contributed by atoms with Crippen LogP contribution < -0.4 is 9.64 Å². The molecule has 0 unspecified atom stereocenters. The molecule has 7 heteroatoms. The molecular formula is C18H18F2N2O3. The Kier molecular flexibility index (Phi) is 5.02. The van der Waals surface area contributed by atoms with Gasteiger partial charge >= 0.3 is 0 Å². The third-order valence-corrected chi connectivity index (χ3v) is 4.10. The zero-order valence-electron chi connectivity index (χ0n) is 13.5. The lowest BCUT2D eigenvalue weighted by atomic mass is 10.2. The summed E-state index contributed by atoms with van der Waals surface area (Å²) in [6.07, 6.45) is 0. The minimum Gasteiger partial charge on any atom is -0.506 e. The number of ether oxygens (including phenoxy) is 1. The number of amides is 1. The molecule has 0 bridgehead atoms. The number of hydrogen-bond acceptors (Lipinski definition) is 4. The molecule has 3 rings (SSSR count). The number of carbonyl (C=O) groups excluding carboxylic acids is 1. The Bertz CT molecular complexity index is 762. The molecule has 0 spiro atoms. The monoisotopic (exact) mass is 348 g/mol. The lowest BCUT2D eigenvalue weighted by Crippen LogP contribution is -2.50. The first kappa shape index (κ1) is 17.0. The maximum Gasteiger partial charge on any atom is 0.260 e. The van der Waals surface area contributed by atoms with E-state index in [1.165, 1.54) is 0 Å². The maximum atomic E-state index is 13.5. The van der Waals surface area contributed by atoms with Crippen LogP contribution in [0.3, 0.4) is 0 Å². The molecule has 1 aliphatic rings. The number of phenolic OH excluding ortho intramolecular Hbond substituents is 1. The summed E-state index contributed by atoms with van der Waals surface area (Å²) in [5, 5.41) is 9.89. The number of aromatic hydroxyl groups is 1. The topological polar surface area (TPSA) is 53.0 Å². The number of carbonyl (C=O) groups is 1. The highest BCUT2D eigenvalue weighted by atomic mass is 19.1. The Morgan fingerprint density at radius 2 is 1.80 bits per heavy atom. The van der Waals surface area contributed by atoms with Crippen LogP contribution in [0.2, 0.25) is 0 Å². The van der Waals surface area contributed by atoms with E-state index in [9.17, 15) is 18.7 Å². The van der Waals surface area contributed by atoms with Crippen molar-refractivity contribution in [3.63, 3.8) is 0 Å². The van der Waals surface area contributed by atoms with Gasteiger partial charge in [-0.15, -0.1) is 0 Å². The van der Waals surface area contributed by atoms with Crippen molar-refractivity contribution < 1.29 is 23.4 Å². The fraction of sp³-hybridized carbons (Fsp3) is 0.278. The van der Waals surface area contributed by atoms with E-state index >= 15 is 0 Å². The Hall–Kier alpha value is -2.83. The molecule has 0 aromatic heterocycles. The first-order chi connectivity index (χ1) is 12.0. The average Bonchev–Trinajstić information content (AvgIpc) is 2.61. The molecule has 1 amide bonds. The lowest BCUT2D eigenvalue weighted by Gasteiger charge is -2.36. The smallest absolute Gasteiger partial charge is 0.260 e. The van der Waals surface area contributed by atoms with Crippen molar-refractivity contribution in [2.24, 2.45) is 0 Å². The second-order valence-electron chi connectivity index (χ2n) is 5.72. The molecule has 132 valence electrons. The van der Waals surface area contributed by atoms with Gasteiger partial charge in [0, 0.05) is 32.2 Å². The second kappa shape index (κ2) is 7.38. The predicted octanol–water partition coefficient (Wildman–Crippen LogP) is 2.40. The molecule has 2 aromatic rings. The van der Waals surface area contributed by atoms with Gasteiger partial charge in [0.15, 0.2) is 18.2 Å². The van der Waals surface area contributed by atoms with E-state index in [4.69, 9.17) is 4.74 Å². The Morgan fingerprint density at radius 1 is 1.08 bits per heavy atom. The van der Waals surface area contributed by atoms with E-state index in [1.807, 2.05) is 17.0 Å². The summed E-state index contributed by atoms with van der Waals surface area (Å²) in [4.78, 5) is 15.8. The van der Waals surface area contributed by atoms with E-state index in [2.05, 4.69) is 0 Å². The highest BCUT2D eigenvalue weighted by Gasteiger charge is 2.23. The molecule has 0 saturated carbocycles. The summed E-state index contributed by atoms with van der Waals surface area (Å²) in [6.45, 7) is 1.80. The van der Waals surface area contributed by atoms with Gasteiger partial charge in [-0.3, -0.25) is 4.79 Å². The number of nitrogens with zero attached hydrogens (tertiary/aromatic N) is 2. The quantitative estimate of drug-likeness (QED) is 0.922. The van der Waals surface area contributed by atoms with Gasteiger partial charge in [0.25, 0.3) is 5.91 Å². The van der Waals surface area contributed by atoms with E-state index in [-0.39, 0.29) is 24.0 Å². The number of rotatable bonds is 4. The van der Waals surface area contributed by atoms with E-state index in [1.54, 1.807) is 17.0 Å². The van der Waals surface area contributed by atoms with Gasteiger partial charge < -0.3 is 19.6 Å². The molecule has 25 heavy (non-hydrogen) atoms. The highest BCUT2D eigenvalue weighted by molar-refractivity contribution is 5.78. The van der Waals surface area contributed by atoms with Gasteiger partial charge in [-0.1, -0.05) is 12.1 Å². The van der Waals surface area contributed by atoms with Crippen LogP contribution in [0.1, 0.15) is 0 Å². The molecule has 1 heterocycles. The Morgan fingerprint density at radius 3 is 2.48 bits per heavy atom. The molecule has 1 aliphatic heterocycles. The number of halogens is 2. The fourth-order valence-electron chi connectivity index (χ4n) is 2.75. The predicted molar refractivity (Wildman–Crippen MR) is 88.8 cm³/mol. The van der Waals surface area contributed by atoms with Crippen molar-refractivity contribution >= 4 is 11.6 Å². The molecular weight excluding hydrogens is 330 g/mol. The minimum absolute atomic E-state index is 0.150. The van der Waals surface area contributed by atoms with Gasteiger partial charge in [0.2, 0.25) is 0 Å². The summed E-state index contributed by atoms with van der Waals surface area (Å²) in [7, 11) is 0. The highest BCUT2D eigenvalue weighted by Crippen LogP contribution is 2.27. The zero-order chi connectivity index (χ0) is 17.8. The largest absolute Gasteiger partial charge is 0.506 e. The SMILES string of the molecule is O=C(COc1ccc(F)cc1F)N1CCN(c2ccccc2O)CC1. The number of para-hydroxylation sites is 2. The van der Waals surface area contributed by atoms with Crippen LogP contribution in [0.25, 0.3) is 0 Å². The summed E-state index contributed by atoms with van der Waals surface area (Å²) in [6, 6.07) is 10.0. The standard InChI is InChI=1S/C18H18F2N2O3/c19-13-5-6-17(14(20)11-13)25-12-18(24)22-9-7-21(8-10-22)15-3-1-2-4-16(15)23/h1-6,11,23H,7-10,12H2. The number of anilines is 1. The van der Waals surface area contributed by atoms with Crippen LogP contribution in [0.4, 0.5) is 14.5 Å². The van der Waals surface area contributed by atoms with Gasteiger partial charge in [0.1, 0.15) is 11.6 Å². The van der Waals surface area contributed by atoms with Gasteiger partial charge in [0.05, 0.1) is 5.69 Å². The fourth-order valence-corrected chi connectivity index (χ4v) is 2.75. The second-order valence-corrected chi connectivity index (χ2v) is 5.72. The van der Waals surface area contributed by atoms with Gasteiger partial charge in [-0.05, 0) is 24.3 Å². The molecule has 5 nitrogen and oxygen atoms in total. The molecule has 0 atom stereocenters. The van der Waals surface area contributed by atoms with Crippen LogP contribution in [-0.4, -0.2) is 48.7 Å². The molecule has 1 fully saturated rings. The number of benzene rings is 2. The molecule has 0 aliphatic carbocycles. The van der Waals surface area contributed by atoms with Crippen LogP contribution in [0.5, 0.6) is 11.5 Å². The van der Waals surface area contributed by atoms with Crippen molar-refractivity contribution in [2.75, 3.05) is 37.7 Å². The third kappa shape index (κ3) is 3.99. The van der Waals surface area contributed by atoms with Crippen molar-refractivity contribution in [1.82, 2.24) is 4.90 Å². The van der Waals surface area contributed by atoms with Crippen LogP contribution in [0.15, 0.2) is 42.5 Å². The van der Waals surface area contributed by atoms with E-state index in [0.717, 1.165) is 17.8 Å². The van der Waals surface area contributed by atoms with Crippen molar-refractivity contribution in [1.29, 1.82) is 0 Å². The average molecular weight is 348 g/mol. The summed E-state index contributed by atoms with van der Waals surface area (Å²) < 4.78 is 31.5. The summed E-state index contributed by atoms with van der Waals surface area (Å²) in [5.41, 5.74) is 0.735. The maximum absolute atomic E-state index is 13.5. The number of piperazine rings is 1. The zero-order valence-corrected chi connectivity index (χ0v) is 13.5. The Labute approximate surface area is 144 Å². The first-order valence-electron chi connectivity index (χ1n) is 7.93. The van der Waals surface area contributed by atoms with Gasteiger partial charge in [-0.25, -0.2) is 8.78 Å². The molecule has 2 aromatic carbocycles. The van der Waals surface area contributed by atoms with Crippen LogP contribution in [0, 0.1) is 11.6 Å². The van der Waals surface area contributed by atoms with Crippen LogP contribution >= 0.6 is 0 Å². The van der Waals surface area contributed by atoms with E-state index in [0.29, 0.717) is 32.2 Å². The van der Waals surface area contributed by atoms with Gasteiger partial charge in [-0.2, -0.15) is 0 Å². The minimum atomic E-state index is -0.836. The lowest BCUT2D eigenvalue weighted by molar-refractivity contribution is -0.133. The summed E-state index contributed by atoms with van der Waals surface area (Å²) >= 11 is 0. The molecule has 1 saturated heterocycles. The van der Waals surface area contributed by atoms with E-state index < -0.39 is 11.6 Å². The van der Waals surface area contributed by atoms with Crippen molar-refractivity contribution in [3.05, 3.63) is 54.1 Å². The Balaban J connectivity index is 1.52. The molecule has 0 radical (unpaired) electrons. The summed E-state index contributed by atoms with van der Waals surface area (Å²) in [5.74, 6) is -1.74. The normalized spacial score (nSPS) is 14.5. The number of phenols is 1. The molecule has 1 N–H and O–H groups in total. The first-order valence-corrected chi connectivity index (χ1v) is 7.93. The van der Waals surface area contributed by atoms with Crippen molar-refractivity contribution in [3.8, 4) is 11.5 Å². The number of hydrogen-bond donors (Lipinski definition) is 1.